The van der Waals surface area contributed by atoms with Gasteiger partial charge in [-0.05, 0) is 32.0 Å². The van der Waals surface area contributed by atoms with Crippen molar-refractivity contribution in [3.63, 3.8) is 0 Å². The molecule has 0 fully saturated rings. The molecule has 8 heteroatoms. The molecule has 0 aliphatic heterocycles. The Bertz CT molecular complexity index is 1050. The van der Waals surface area contributed by atoms with E-state index in [1.807, 2.05) is 0 Å². The van der Waals surface area contributed by atoms with Crippen LogP contribution in [0.3, 0.4) is 0 Å². The molecule has 128 valence electrons. The molecule has 3 aromatic rings. The van der Waals surface area contributed by atoms with Gasteiger partial charge in [-0.3, -0.25) is 4.79 Å². The molecule has 0 saturated heterocycles. The number of hydrogen-bond donors (Lipinski definition) is 1. The van der Waals surface area contributed by atoms with E-state index < -0.39 is 11.6 Å². The zero-order valence-corrected chi connectivity index (χ0v) is 14.2. The van der Waals surface area contributed by atoms with Crippen LogP contribution in [0.25, 0.3) is 21.5 Å². The van der Waals surface area contributed by atoms with Gasteiger partial charge in [-0.2, -0.15) is 0 Å². The Morgan fingerprint density at radius 3 is 2.88 bits per heavy atom. The topological polar surface area (TPSA) is 107 Å². The predicted octanol–water partition coefficient (Wildman–Crippen LogP) is 2.92. The van der Waals surface area contributed by atoms with Crippen molar-refractivity contribution in [1.29, 1.82) is 0 Å². The molecule has 0 radical (unpaired) electrons. The number of fused-ring (bicyclic) bond motifs is 1. The summed E-state index contributed by atoms with van der Waals surface area (Å²) in [6.45, 7) is 3.59. The first kappa shape index (κ1) is 16.8. The van der Waals surface area contributed by atoms with Crippen LogP contribution in [0, 0.1) is 6.92 Å². The number of ether oxygens (including phenoxy) is 1. The minimum absolute atomic E-state index is 0.00245. The van der Waals surface area contributed by atoms with E-state index >= 15 is 0 Å². The van der Waals surface area contributed by atoms with Gasteiger partial charge in [-0.1, -0.05) is 0 Å². The Morgan fingerprint density at radius 2 is 2.20 bits per heavy atom. The molecule has 25 heavy (non-hydrogen) atoms. The summed E-state index contributed by atoms with van der Waals surface area (Å²) >= 11 is 1.03. The molecule has 0 bridgehead atoms. The first-order valence-electron chi connectivity index (χ1n) is 7.36. The van der Waals surface area contributed by atoms with Crippen molar-refractivity contribution < 1.29 is 23.8 Å². The van der Waals surface area contributed by atoms with Crippen molar-refractivity contribution in [3.05, 3.63) is 44.8 Å². The van der Waals surface area contributed by atoms with Crippen molar-refractivity contribution in [2.45, 2.75) is 13.8 Å². The van der Waals surface area contributed by atoms with E-state index in [2.05, 4.69) is 4.98 Å². The van der Waals surface area contributed by atoms with E-state index in [1.165, 1.54) is 18.2 Å². The predicted molar refractivity (Wildman–Crippen MR) is 91.3 cm³/mol. The summed E-state index contributed by atoms with van der Waals surface area (Å²) in [6, 6.07) is 4.38. The summed E-state index contributed by atoms with van der Waals surface area (Å²) < 4.78 is 10.2. The highest BCUT2D eigenvalue weighted by atomic mass is 32.1. The first-order chi connectivity index (χ1) is 12.0. The van der Waals surface area contributed by atoms with E-state index in [9.17, 15) is 19.5 Å². The van der Waals surface area contributed by atoms with Gasteiger partial charge in [0.05, 0.1) is 23.4 Å². The van der Waals surface area contributed by atoms with Crippen molar-refractivity contribution in [1.82, 2.24) is 4.98 Å². The molecule has 0 aliphatic rings. The molecule has 3 rings (SSSR count). The Balaban J connectivity index is 2.17. The van der Waals surface area contributed by atoms with Crippen molar-refractivity contribution in [2.75, 3.05) is 6.61 Å². The molecule has 7 nitrogen and oxygen atoms in total. The van der Waals surface area contributed by atoms with E-state index in [4.69, 9.17) is 9.15 Å². The molecule has 0 unspecified atom stereocenters. The SMILES string of the molecule is CCOC(=O)c1sc(-c2cc3ccc(O)c(C=O)c3oc2=O)nc1C. The van der Waals surface area contributed by atoms with Gasteiger partial charge in [-0.15, -0.1) is 11.3 Å². The average Bonchev–Trinajstić information content (AvgIpc) is 2.96. The van der Waals surface area contributed by atoms with Crippen molar-refractivity contribution in [3.8, 4) is 16.3 Å². The number of aromatic hydroxyl groups is 1. The Hall–Kier alpha value is -3.00. The summed E-state index contributed by atoms with van der Waals surface area (Å²) in [6.07, 6.45) is 0.423. The molecule has 0 aliphatic carbocycles. The van der Waals surface area contributed by atoms with Gasteiger partial charge in [-0.25, -0.2) is 14.6 Å². The number of aldehydes is 1. The Morgan fingerprint density at radius 1 is 1.44 bits per heavy atom. The molecule has 0 saturated carbocycles. The second-order valence-electron chi connectivity index (χ2n) is 5.14. The zero-order valence-electron chi connectivity index (χ0n) is 13.4. The number of nitrogens with zero attached hydrogens (tertiary/aromatic N) is 1. The normalized spacial score (nSPS) is 10.8. The van der Waals surface area contributed by atoms with Crippen molar-refractivity contribution >= 4 is 34.6 Å². The van der Waals surface area contributed by atoms with Crippen LogP contribution in [0.5, 0.6) is 5.75 Å². The van der Waals surface area contributed by atoms with Gasteiger partial charge in [0.15, 0.2) is 11.9 Å². The Kier molecular flexibility index (Phi) is 4.37. The molecule has 0 spiro atoms. The minimum Gasteiger partial charge on any atom is -0.507 e. The molecule has 1 aromatic carbocycles. The molecule has 0 atom stereocenters. The monoisotopic (exact) mass is 359 g/mol. The average molecular weight is 359 g/mol. The largest absolute Gasteiger partial charge is 0.507 e. The smallest absolute Gasteiger partial charge is 0.350 e. The molecule has 1 N–H and O–H groups in total. The second kappa shape index (κ2) is 6.48. The van der Waals surface area contributed by atoms with Crippen LogP contribution in [0.15, 0.2) is 27.4 Å². The lowest BCUT2D eigenvalue weighted by Gasteiger charge is -2.03. The number of hydrogen-bond acceptors (Lipinski definition) is 8. The Labute approximate surface area is 145 Å². The molecular weight excluding hydrogens is 346 g/mol. The maximum atomic E-state index is 12.3. The van der Waals surface area contributed by atoms with E-state index in [0.29, 0.717) is 27.3 Å². The molecule has 2 aromatic heterocycles. The van der Waals surface area contributed by atoms with Crippen molar-refractivity contribution in [2.24, 2.45) is 0 Å². The van der Waals surface area contributed by atoms with Gasteiger partial charge in [0, 0.05) is 5.39 Å². The highest BCUT2D eigenvalue weighted by molar-refractivity contribution is 7.17. The summed E-state index contributed by atoms with van der Waals surface area (Å²) in [7, 11) is 0. The number of benzene rings is 1. The number of thiazole rings is 1. The number of aromatic nitrogens is 1. The van der Waals surface area contributed by atoms with Crippen LogP contribution in [0.2, 0.25) is 0 Å². The summed E-state index contributed by atoms with van der Waals surface area (Å²) in [5.41, 5.74) is -0.187. The number of carbonyl (C=O) groups is 2. The third-order valence-electron chi connectivity index (χ3n) is 3.52. The van der Waals surface area contributed by atoms with Gasteiger partial charge >= 0.3 is 11.6 Å². The van der Waals surface area contributed by atoms with E-state index in [1.54, 1.807) is 13.8 Å². The van der Waals surface area contributed by atoms with Crippen LogP contribution in [0.1, 0.15) is 32.6 Å². The van der Waals surface area contributed by atoms with Crippen LogP contribution < -0.4 is 5.63 Å². The number of carbonyl (C=O) groups excluding carboxylic acids is 2. The highest BCUT2D eigenvalue weighted by Gasteiger charge is 2.20. The first-order valence-corrected chi connectivity index (χ1v) is 8.17. The molecule has 0 amide bonds. The lowest BCUT2D eigenvalue weighted by molar-refractivity contribution is 0.0531. The van der Waals surface area contributed by atoms with Crippen LogP contribution >= 0.6 is 11.3 Å². The summed E-state index contributed by atoms with van der Waals surface area (Å²) in [4.78, 5) is 39.9. The van der Waals surface area contributed by atoms with E-state index in [0.717, 1.165) is 11.3 Å². The standard InChI is InChI=1S/C17H13NO6S/c1-3-23-17(22)14-8(2)18-15(25-14)10-6-9-4-5-12(20)11(7-19)13(9)24-16(10)21/h4-7,20H,3H2,1-2H3. The van der Waals surface area contributed by atoms with Gasteiger partial charge in [0.2, 0.25) is 0 Å². The summed E-state index contributed by atoms with van der Waals surface area (Å²) in [5, 5.41) is 10.5. The number of rotatable bonds is 4. The van der Waals surface area contributed by atoms with Crippen LogP contribution in [-0.4, -0.2) is 29.0 Å². The fourth-order valence-electron chi connectivity index (χ4n) is 2.36. The second-order valence-corrected chi connectivity index (χ2v) is 6.14. The van der Waals surface area contributed by atoms with E-state index in [-0.39, 0.29) is 29.1 Å². The number of aryl methyl sites for hydroxylation is 1. The number of phenolic OH excluding ortho intramolecular Hbond substituents is 1. The minimum atomic E-state index is -0.717. The van der Waals surface area contributed by atoms with Crippen LogP contribution in [0.4, 0.5) is 0 Å². The van der Waals surface area contributed by atoms with Crippen LogP contribution in [-0.2, 0) is 4.74 Å². The summed E-state index contributed by atoms with van der Waals surface area (Å²) in [5.74, 6) is -0.768. The fraction of sp³-hybridized carbons (Fsp3) is 0.176. The van der Waals surface area contributed by atoms with Gasteiger partial charge in [0.25, 0.3) is 0 Å². The fourth-order valence-corrected chi connectivity index (χ4v) is 3.32. The third-order valence-corrected chi connectivity index (χ3v) is 4.69. The quantitative estimate of drug-likeness (QED) is 0.433. The van der Waals surface area contributed by atoms with Gasteiger partial charge in [0.1, 0.15) is 15.6 Å². The number of phenols is 1. The highest BCUT2D eigenvalue weighted by Crippen LogP contribution is 2.31. The molecule has 2 heterocycles. The maximum absolute atomic E-state index is 12.3. The number of esters is 1. The third kappa shape index (κ3) is 2.91. The molecular formula is C17H13NO6S. The lowest BCUT2D eigenvalue weighted by Crippen LogP contribution is -2.03. The zero-order chi connectivity index (χ0) is 18.1. The lowest BCUT2D eigenvalue weighted by atomic mass is 10.1. The van der Waals surface area contributed by atoms with Gasteiger partial charge < -0.3 is 14.3 Å². The maximum Gasteiger partial charge on any atom is 0.350 e.